The van der Waals surface area contributed by atoms with Gasteiger partial charge in [-0.2, -0.15) is 0 Å². The quantitative estimate of drug-likeness (QED) is 0.632. The van der Waals surface area contributed by atoms with Crippen LogP contribution >= 0.6 is 0 Å². The van der Waals surface area contributed by atoms with Crippen LogP contribution in [-0.2, 0) is 9.59 Å². The minimum atomic E-state index is -1.11. The Morgan fingerprint density at radius 2 is 1.81 bits per heavy atom. The Labute approximate surface area is 126 Å². The van der Waals surface area contributed by atoms with E-state index in [0.29, 0.717) is 12.8 Å². The molecular formula is C16H26N2O3. The number of allylic oxidation sites excluding steroid dienone is 2. The molecule has 5 nitrogen and oxygen atoms in total. The monoisotopic (exact) mass is 294 g/mol. The summed E-state index contributed by atoms with van der Waals surface area (Å²) in [6, 6.07) is 0.200. The number of rotatable bonds is 5. The SMILES string of the molecule is CCC[NH+]1CCC(NC(=O)[C@H]2CC=CC[C@H]2C(=O)[O-])CC1. The topological polar surface area (TPSA) is 73.7 Å². The molecule has 0 aromatic rings. The highest BCUT2D eigenvalue weighted by Gasteiger charge is 2.32. The van der Waals surface area contributed by atoms with E-state index >= 15 is 0 Å². The number of hydrogen-bond acceptors (Lipinski definition) is 3. The van der Waals surface area contributed by atoms with Crippen LogP contribution < -0.4 is 15.3 Å². The molecule has 1 aliphatic heterocycles. The second kappa shape index (κ2) is 7.59. The molecule has 0 bridgehead atoms. The van der Waals surface area contributed by atoms with Crippen LogP contribution in [0, 0.1) is 11.8 Å². The Morgan fingerprint density at radius 3 is 2.38 bits per heavy atom. The van der Waals surface area contributed by atoms with E-state index in [-0.39, 0.29) is 11.9 Å². The van der Waals surface area contributed by atoms with Crippen LogP contribution in [0.2, 0.25) is 0 Å². The van der Waals surface area contributed by atoms with Crippen molar-refractivity contribution < 1.29 is 19.6 Å². The predicted molar refractivity (Wildman–Crippen MR) is 77.4 cm³/mol. The first-order valence-electron chi connectivity index (χ1n) is 8.11. The van der Waals surface area contributed by atoms with Crippen molar-refractivity contribution in [3.05, 3.63) is 12.2 Å². The minimum Gasteiger partial charge on any atom is -0.550 e. The molecule has 1 saturated heterocycles. The van der Waals surface area contributed by atoms with Crippen molar-refractivity contribution in [1.29, 1.82) is 0 Å². The molecule has 0 spiro atoms. The number of amides is 1. The molecule has 0 saturated carbocycles. The van der Waals surface area contributed by atoms with Gasteiger partial charge in [0.15, 0.2) is 0 Å². The summed E-state index contributed by atoms with van der Waals surface area (Å²) in [7, 11) is 0. The molecule has 0 unspecified atom stereocenters. The van der Waals surface area contributed by atoms with Crippen molar-refractivity contribution in [3.8, 4) is 0 Å². The summed E-state index contributed by atoms with van der Waals surface area (Å²) in [5, 5.41) is 14.2. The lowest BCUT2D eigenvalue weighted by Gasteiger charge is -2.33. The van der Waals surface area contributed by atoms with E-state index < -0.39 is 17.8 Å². The number of aliphatic carboxylic acids is 1. The molecule has 2 N–H and O–H groups in total. The second-order valence-corrected chi connectivity index (χ2v) is 6.26. The molecule has 1 heterocycles. The number of piperidine rings is 1. The van der Waals surface area contributed by atoms with Gasteiger partial charge in [-0.05, 0) is 19.3 Å². The highest BCUT2D eigenvalue weighted by Crippen LogP contribution is 2.25. The summed E-state index contributed by atoms with van der Waals surface area (Å²) in [6.45, 7) is 5.57. The van der Waals surface area contributed by atoms with E-state index in [1.165, 1.54) is 13.0 Å². The smallest absolute Gasteiger partial charge is 0.224 e. The molecule has 1 fully saturated rings. The van der Waals surface area contributed by atoms with Crippen LogP contribution in [0.4, 0.5) is 0 Å². The third-order valence-electron chi connectivity index (χ3n) is 4.71. The summed E-state index contributed by atoms with van der Waals surface area (Å²) in [4.78, 5) is 25.1. The van der Waals surface area contributed by atoms with E-state index in [1.807, 2.05) is 12.2 Å². The third kappa shape index (κ3) is 4.30. The Balaban J connectivity index is 1.84. The Hall–Kier alpha value is -1.36. The number of hydrogen-bond donors (Lipinski definition) is 2. The number of carbonyl (C=O) groups is 2. The van der Waals surface area contributed by atoms with Gasteiger partial charge < -0.3 is 20.1 Å². The summed E-state index contributed by atoms with van der Waals surface area (Å²) in [5.74, 6) is -2.37. The van der Waals surface area contributed by atoms with Gasteiger partial charge in [0.2, 0.25) is 5.91 Å². The van der Waals surface area contributed by atoms with Crippen LogP contribution in [-0.4, -0.2) is 37.6 Å². The number of quaternary nitrogens is 1. The van der Waals surface area contributed by atoms with Gasteiger partial charge in [-0.15, -0.1) is 0 Å². The highest BCUT2D eigenvalue weighted by molar-refractivity contribution is 5.84. The van der Waals surface area contributed by atoms with Crippen LogP contribution in [0.25, 0.3) is 0 Å². The lowest BCUT2D eigenvalue weighted by Crippen LogP contribution is -3.13. The van der Waals surface area contributed by atoms with Gasteiger partial charge >= 0.3 is 0 Å². The van der Waals surface area contributed by atoms with Gasteiger partial charge in [-0.1, -0.05) is 19.1 Å². The maximum absolute atomic E-state index is 12.3. The maximum Gasteiger partial charge on any atom is 0.224 e. The lowest BCUT2D eigenvalue weighted by atomic mass is 9.82. The molecule has 0 aromatic heterocycles. The van der Waals surface area contributed by atoms with Crippen molar-refractivity contribution >= 4 is 11.9 Å². The molecule has 0 aromatic carbocycles. The molecule has 0 radical (unpaired) electrons. The average Bonchev–Trinajstić information content (AvgIpc) is 2.49. The summed E-state index contributed by atoms with van der Waals surface area (Å²) >= 11 is 0. The standard InChI is InChI=1S/C16H26N2O3/c1-2-9-18-10-7-12(8-11-18)17-15(19)13-5-3-4-6-14(13)16(20)21/h3-4,12-14H,2,5-11H2,1H3,(H,17,19)(H,20,21)/t13-,14+/m0/s1. The first kappa shape index (κ1) is 16.0. The fourth-order valence-corrected chi connectivity index (χ4v) is 3.45. The zero-order chi connectivity index (χ0) is 15.2. The Bertz CT molecular complexity index is 400. The Kier molecular flexibility index (Phi) is 5.79. The second-order valence-electron chi connectivity index (χ2n) is 6.26. The average molecular weight is 294 g/mol. The Morgan fingerprint density at radius 1 is 1.19 bits per heavy atom. The maximum atomic E-state index is 12.3. The molecular weight excluding hydrogens is 268 g/mol. The summed E-state index contributed by atoms with van der Waals surface area (Å²) in [5.41, 5.74) is 0. The first-order valence-corrected chi connectivity index (χ1v) is 8.11. The van der Waals surface area contributed by atoms with Crippen LogP contribution in [0.15, 0.2) is 12.2 Å². The van der Waals surface area contributed by atoms with Gasteiger partial charge in [-0.25, -0.2) is 0 Å². The van der Waals surface area contributed by atoms with Crippen molar-refractivity contribution in [1.82, 2.24) is 5.32 Å². The molecule has 2 atom stereocenters. The highest BCUT2D eigenvalue weighted by atomic mass is 16.4. The van der Waals surface area contributed by atoms with Gasteiger partial charge in [0, 0.05) is 36.7 Å². The fraction of sp³-hybridized carbons (Fsp3) is 0.750. The van der Waals surface area contributed by atoms with Crippen LogP contribution in [0.3, 0.4) is 0 Å². The normalized spacial score (nSPS) is 32.6. The summed E-state index contributed by atoms with van der Waals surface area (Å²) < 4.78 is 0. The van der Waals surface area contributed by atoms with Crippen LogP contribution in [0.1, 0.15) is 39.0 Å². The van der Waals surface area contributed by atoms with Gasteiger partial charge in [0.05, 0.1) is 19.6 Å². The van der Waals surface area contributed by atoms with Crippen molar-refractivity contribution in [2.75, 3.05) is 19.6 Å². The molecule has 118 valence electrons. The molecule has 5 heteroatoms. The summed E-state index contributed by atoms with van der Waals surface area (Å²) in [6.07, 6.45) is 7.80. The first-order chi connectivity index (χ1) is 10.1. The fourth-order valence-electron chi connectivity index (χ4n) is 3.45. The van der Waals surface area contributed by atoms with Crippen LogP contribution in [0.5, 0.6) is 0 Å². The van der Waals surface area contributed by atoms with E-state index in [1.54, 1.807) is 4.90 Å². The number of carboxylic acid groups (broad SMARTS) is 1. The van der Waals surface area contributed by atoms with Crippen molar-refractivity contribution in [2.45, 2.75) is 45.1 Å². The van der Waals surface area contributed by atoms with Crippen molar-refractivity contribution in [3.63, 3.8) is 0 Å². The lowest BCUT2D eigenvalue weighted by molar-refractivity contribution is -0.905. The van der Waals surface area contributed by atoms with E-state index in [0.717, 1.165) is 25.9 Å². The molecule has 2 aliphatic rings. The van der Waals surface area contributed by atoms with Gasteiger partial charge in [0.1, 0.15) is 0 Å². The van der Waals surface area contributed by atoms with Gasteiger partial charge in [0.25, 0.3) is 0 Å². The van der Waals surface area contributed by atoms with Gasteiger partial charge in [-0.3, -0.25) is 4.79 Å². The predicted octanol–water partition coefficient (Wildman–Crippen LogP) is -1.11. The number of carbonyl (C=O) groups excluding carboxylic acids is 2. The molecule has 21 heavy (non-hydrogen) atoms. The number of nitrogens with one attached hydrogen (secondary N) is 2. The number of likely N-dealkylation sites (tertiary alicyclic amines) is 1. The van der Waals surface area contributed by atoms with E-state index in [2.05, 4.69) is 12.2 Å². The minimum absolute atomic E-state index is 0.113. The number of carboxylic acids is 1. The van der Waals surface area contributed by atoms with Crippen molar-refractivity contribution in [2.24, 2.45) is 11.8 Å². The third-order valence-corrected chi connectivity index (χ3v) is 4.71. The zero-order valence-corrected chi connectivity index (χ0v) is 12.8. The molecule has 2 rings (SSSR count). The van der Waals surface area contributed by atoms with E-state index in [4.69, 9.17) is 0 Å². The zero-order valence-electron chi connectivity index (χ0n) is 12.8. The van der Waals surface area contributed by atoms with E-state index in [9.17, 15) is 14.7 Å². The molecule has 1 amide bonds. The molecule has 1 aliphatic carbocycles. The largest absolute Gasteiger partial charge is 0.550 e.